The normalized spacial score (nSPS) is 12.4. The molecule has 0 aliphatic rings. The molecule has 2 N–H and O–H groups in total. The van der Waals surface area contributed by atoms with Gasteiger partial charge in [-0.05, 0) is 42.7 Å². The Morgan fingerprint density at radius 3 is 2.68 bits per heavy atom. The summed E-state index contributed by atoms with van der Waals surface area (Å²) in [5.41, 5.74) is 8.17. The van der Waals surface area contributed by atoms with Crippen LogP contribution in [0.5, 0.6) is 5.75 Å². The fraction of sp³-hybridized carbons (Fsp3) is 0.294. The molecule has 0 aromatic heterocycles. The molecule has 1 unspecified atom stereocenters. The molecule has 0 aliphatic heterocycles. The molecular weight excluding hydrogens is 234 g/mol. The number of hydrogen-bond donors (Lipinski definition) is 1. The van der Waals surface area contributed by atoms with Crippen LogP contribution in [0.4, 0.5) is 0 Å². The monoisotopic (exact) mass is 255 g/mol. The van der Waals surface area contributed by atoms with Gasteiger partial charge in [-0.3, -0.25) is 0 Å². The molecule has 2 nitrogen and oxygen atoms in total. The summed E-state index contributed by atoms with van der Waals surface area (Å²) in [5.74, 6) is 0.916. The molecule has 0 fully saturated rings. The number of fused-ring (bicyclic) bond motifs is 1. The van der Waals surface area contributed by atoms with Crippen molar-refractivity contribution < 1.29 is 4.74 Å². The third kappa shape index (κ3) is 3.36. The summed E-state index contributed by atoms with van der Waals surface area (Å²) in [5, 5.41) is 2.44. The van der Waals surface area contributed by atoms with E-state index < -0.39 is 0 Å². The molecule has 2 heteroatoms. The van der Waals surface area contributed by atoms with Crippen molar-refractivity contribution in [1.29, 1.82) is 0 Å². The zero-order valence-electron chi connectivity index (χ0n) is 11.6. The minimum absolute atomic E-state index is 0.109. The third-order valence-electron chi connectivity index (χ3n) is 3.00. The molecule has 0 saturated heterocycles. The zero-order chi connectivity index (χ0) is 13.8. The first-order chi connectivity index (χ1) is 9.08. The van der Waals surface area contributed by atoms with Gasteiger partial charge in [0, 0.05) is 11.6 Å². The zero-order valence-corrected chi connectivity index (χ0v) is 11.6. The lowest BCUT2D eigenvalue weighted by molar-refractivity contribution is 0.349. The average molecular weight is 255 g/mol. The lowest BCUT2D eigenvalue weighted by Crippen LogP contribution is -2.18. The topological polar surface area (TPSA) is 35.2 Å². The maximum Gasteiger partial charge on any atom is 0.123 e. The first kappa shape index (κ1) is 13.6. The molecule has 0 spiro atoms. The van der Waals surface area contributed by atoms with Crippen LogP contribution >= 0.6 is 0 Å². The fourth-order valence-electron chi connectivity index (χ4n) is 2.18. The van der Waals surface area contributed by atoms with Crippen molar-refractivity contribution >= 4 is 10.8 Å². The second-order valence-electron chi connectivity index (χ2n) is 5.19. The number of hydrogen-bond acceptors (Lipinski definition) is 2. The van der Waals surface area contributed by atoms with Gasteiger partial charge in [0.15, 0.2) is 0 Å². The van der Waals surface area contributed by atoms with Gasteiger partial charge in [-0.1, -0.05) is 36.9 Å². The predicted molar refractivity (Wildman–Crippen MR) is 81.6 cm³/mol. The van der Waals surface area contributed by atoms with Gasteiger partial charge in [0.25, 0.3) is 0 Å². The van der Waals surface area contributed by atoms with Crippen LogP contribution < -0.4 is 10.5 Å². The summed E-state index contributed by atoms with van der Waals surface area (Å²) >= 11 is 0. The molecule has 100 valence electrons. The van der Waals surface area contributed by atoms with E-state index in [1.165, 1.54) is 16.3 Å². The van der Waals surface area contributed by atoms with E-state index in [-0.39, 0.29) is 6.04 Å². The highest BCUT2D eigenvalue weighted by Crippen LogP contribution is 2.29. The van der Waals surface area contributed by atoms with Gasteiger partial charge in [0.2, 0.25) is 0 Å². The van der Waals surface area contributed by atoms with Crippen LogP contribution in [0.3, 0.4) is 0 Å². The van der Waals surface area contributed by atoms with E-state index in [2.05, 4.69) is 30.8 Å². The fourth-order valence-corrected chi connectivity index (χ4v) is 2.18. The summed E-state index contributed by atoms with van der Waals surface area (Å²) in [4.78, 5) is 0. The van der Waals surface area contributed by atoms with Crippen molar-refractivity contribution in [3.05, 3.63) is 54.1 Å². The maximum absolute atomic E-state index is 5.97. The Labute approximate surface area is 114 Å². The molecule has 19 heavy (non-hydrogen) atoms. The summed E-state index contributed by atoms with van der Waals surface area (Å²) in [6.45, 7) is 8.40. The van der Waals surface area contributed by atoms with Gasteiger partial charge in [-0.2, -0.15) is 0 Å². The highest BCUT2D eigenvalue weighted by Gasteiger charge is 2.10. The maximum atomic E-state index is 5.97. The molecule has 2 aromatic rings. The second kappa shape index (κ2) is 5.89. The predicted octanol–water partition coefficient (Wildman–Crippen LogP) is 3.68. The van der Waals surface area contributed by atoms with Crippen LogP contribution in [0.15, 0.2) is 48.6 Å². The van der Waals surface area contributed by atoms with Crippen molar-refractivity contribution in [3.8, 4) is 5.75 Å². The van der Waals surface area contributed by atoms with Gasteiger partial charge in [0.1, 0.15) is 12.4 Å². The van der Waals surface area contributed by atoms with E-state index >= 15 is 0 Å². The Hall–Kier alpha value is -1.80. The van der Waals surface area contributed by atoms with Crippen molar-refractivity contribution in [2.45, 2.75) is 26.3 Å². The highest BCUT2D eigenvalue weighted by molar-refractivity contribution is 5.87. The molecular formula is C17H21NO. The lowest BCUT2D eigenvalue weighted by Gasteiger charge is -2.16. The largest absolute Gasteiger partial charge is 0.489 e. The van der Waals surface area contributed by atoms with E-state index in [1.807, 2.05) is 26.0 Å². The van der Waals surface area contributed by atoms with Crippen LogP contribution in [-0.2, 0) is 6.42 Å². The average Bonchev–Trinajstić information content (AvgIpc) is 2.37. The molecule has 0 saturated carbocycles. The van der Waals surface area contributed by atoms with Gasteiger partial charge in [-0.15, -0.1) is 0 Å². The summed E-state index contributed by atoms with van der Waals surface area (Å²) in [7, 11) is 0. The molecule has 0 aliphatic carbocycles. The van der Waals surface area contributed by atoms with Crippen LogP contribution in [0, 0.1) is 0 Å². The smallest absolute Gasteiger partial charge is 0.123 e. The van der Waals surface area contributed by atoms with E-state index in [0.717, 1.165) is 17.7 Å². The molecule has 2 rings (SSSR count). The Kier molecular flexibility index (Phi) is 4.23. The molecule has 0 bridgehead atoms. The molecule has 1 atom stereocenters. The van der Waals surface area contributed by atoms with Gasteiger partial charge < -0.3 is 10.5 Å². The first-order valence-electron chi connectivity index (χ1n) is 6.61. The molecule has 0 radical (unpaired) electrons. The Morgan fingerprint density at radius 1 is 1.26 bits per heavy atom. The first-order valence-corrected chi connectivity index (χ1v) is 6.61. The van der Waals surface area contributed by atoms with Crippen molar-refractivity contribution in [2.24, 2.45) is 5.73 Å². The van der Waals surface area contributed by atoms with Crippen molar-refractivity contribution in [2.75, 3.05) is 6.61 Å². The van der Waals surface area contributed by atoms with E-state index in [4.69, 9.17) is 10.5 Å². The minimum Gasteiger partial charge on any atom is -0.489 e. The Balaban J connectivity index is 2.46. The van der Waals surface area contributed by atoms with Crippen LogP contribution in [0.25, 0.3) is 10.8 Å². The molecule has 0 heterocycles. The Morgan fingerprint density at radius 2 is 2.00 bits per heavy atom. The lowest BCUT2D eigenvalue weighted by atomic mass is 9.98. The van der Waals surface area contributed by atoms with Crippen LogP contribution in [0.2, 0.25) is 0 Å². The standard InChI is InChI=1S/C17H21NO/c1-12(2)11-19-17-9-8-14-6-4-5-7-15(14)16(17)10-13(3)18/h4-9,13H,1,10-11,18H2,2-3H3. The summed E-state index contributed by atoms with van der Waals surface area (Å²) in [6, 6.07) is 12.6. The Bertz CT molecular complexity index is 587. The number of nitrogens with two attached hydrogens (primary N) is 1. The van der Waals surface area contributed by atoms with Gasteiger partial charge in [0.05, 0.1) is 0 Å². The van der Waals surface area contributed by atoms with E-state index in [1.54, 1.807) is 0 Å². The third-order valence-corrected chi connectivity index (χ3v) is 3.00. The highest BCUT2D eigenvalue weighted by atomic mass is 16.5. The van der Waals surface area contributed by atoms with E-state index in [0.29, 0.717) is 6.61 Å². The number of benzene rings is 2. The van der Waals surface area contributed by atoms with E-state index in [9.17, 15) is 0 Å². The van der Waals surface area contributed by atoms with Crippen molar-refractivity contribution in [3.63, 3.8) is 0 Å². The van der Waals surface area contributed by atoms with Crippen molar-refractivity contribution in [1.82, 2.24) is 0 Å². The summed E-state index contributed by atoms with van der Waals surface area (Å²) in [6.07, 6.45) is 0.812. The summed E-state index contributed by atoms with van der Waals surface area (Å²) < 4.78 is 5.85. The van der Waals surface area contributed by atoms with Gasteiger partial charge in [-0.25, -0.2) is 0 Å². The SMILES string of the molecule is C=C(C)COc1ccc2ccccc2c1CC(C)N. The molecule has 2 aromatic carbocycles. The molecule has 0 amide bonds. The van der Waals surface area contributed by atoms with Crippen LogP contribution in [0.1, 0.15) is 19.4 Å². The second-order valence-corrected chi connectivity index (χ2v) is 5.19. The van der Waals surface area contributed by atoms with Gasteiger partial charge >= 0.3 is 0 Å². The quantitative estimate of drug-likeness (QED) is 0.827. The number of rotatable bonds is 5. The van der Waals surface area contributed by atoms with Crippen LogP contribution in [-0.4, -0.2) is 12.6 Å². The number of ether oxygens (including phenoxy) is 1. The minimum atomic E-state index is 0.109.